The van der Waals surface area contributed by atoms with E-state index in [1.54, 1.807) is 25.1 Å². The lowest BCUT2D eigenvalue weighted by Gasteiger charge is -2.17. The van der Waals surface area contributed by atoms with Gasteiger partial charge in [0.2, 0.25) is 0 Å². The van der Waals surface area contributed by atoms with Gasteiger partial charge in [0.1, 0.15) is 5.82 Å². The number of carbonyl (C=O) groups excluding carboxylic acids is 1. The first-order valence-electron chi connectivity index (χ1n) is 8.15. The highest BCUT2D eigenvalue weighted by Gasteiger charge is 2.16. The zero-order valence-corrected chi connectivity index (χ0v) is 14.9. The number of nitrogens with one attached hydrogen (secondary N) is 1. The minimum absolute atomic E-state index is 0.0345. The van der Waals surface area contributed by atoms with Gasteiger partial charge in [-0.3, -0.25) is 4.79 Å². The zero-order valence-electron chi connectivity index (χ0n) is 14.9. The molecule has 0 radical (unpaired) electrons. The Balaban J connectivity index is 2.18. The quantitative estimate of drug-likeness (QED) is 0.726. The van der Waals surface area contributed by atoms with Crippen LogP contribution < -0.4 is 5.32 Å². The molecule has 0 unspecified atom stereocenters. The van der Waals surface area contributed by atoms with Gasteiger partial charge in [0, 0.05) is 36.4 Å². The van der Waals surface area contributed by atoms with Crippen LogP contribution in [0, 0.1) is 19.7 Å². The van der Waals surface area contributed by atoms with Crippen LogP contribution in [0.1, 0.15) is 21.5 Å². The second-order valence-electron chi connectivity index (χ2n) is 6.44. The summed E-state index contributed by atoms with van der Waals surface area (Å²) in [6, 6.07) is 14.3. The van der Waals surface area contributed by atoms with Crippen molar-refractivity contribution in [2.75, 3.05) is 19.4 Å². The van der Waals surface area contributed by atoms with Crippen LogP contribution in [0.3, 0.4) is 0 Å². The van der Waals surface area contributed by atoms with Gasteiger partial charge < -0.3 is 10.2 Å². The number of hydrogen-bond acceptors (Lipinski definition) is 2. The summed E-state index contributed by atoms with van der Waals surface area (Å²) in [6.07, 6.45) is 0. The van der Waals surface area contributed by atoms with Crippen LogP contribution in [0.4, 0.5) is 15.8 Å². The largest absolute Gasteiger partial charge is 0.355 e. The topological polar surface area (TPSA) is 32.3 Å². The molecule has 3 nitrogen and oxygen atoms in total. The summed E-state index contributed by atoms with van der Waals surface area (Å²) in [6.45, 7) is 3.92. The summed E-state index contributed by atoms with van der Waals surface area (Å²) in [4.78, 5) is 14.1. The van der Waals surface area contributed by atoms with Crippen molar-refractivity contribution in [3.8, 4) is 0 Å². The van der Waals surface area contributed by atoms with Crippen molar-refractivity contribution in [3.63, 3.8) is 0 Å². The second kappa shape index (κ2) is 6.55. The molecule has 25 heavy (non-hydrogen) atoms. The van der Waals surface area contributed by atoms with Gasteiger partial charge in [-0.15, -0.1) is 0 Å². The molecule has 0 saturated heterocycles. The van der Waals surface area contributed by atoms with Crippen LogP contribution >= 0.6 is 0 Å². The van der Waals surface area contributed by atoms with Crippen LogP contribution in [0.25, 0.3) is 10.8 Å². The highest BCUT2D eigenvalue weighted by molar-refractivity contribution is 6.11. The molecule has 1 N–H and O–H groups in total. The number of amides is 1. The minimum Gasteiger partial charge on any atom is -0.355 e. The summed E-state index contributed by atoms with van der Waals surface area (Å²) in [5.74, 6) is -0.319. The maximum Gasteiger partial charge on any atom is 0.253 e. The normalized spacial score (nSPS) is 10.8. The number of carbonyl (C=O) groups is 1. The molecule has 0 heterocycles. The minimum atomic E-state index is -0.284. The van der Waals surface area contributed by atoms with Crippen LogP contribution in [-0.4, -0.2) is 24.9 Å². The van der Waals surface area contributed by atoms with E-state index in [4.69, 9.17) is 0 Å². The van der Waals surface area contributed by atoms with Crippen molar-refractivity contribution in [2.24, 2.45) is 0 Å². The fourth-order valence-corrected chi connectivity index (χ4v) is 2.99. The number of aryl methyl sites for hydroxylation is 2. The van der Waals surface area contributed by atoms with Crippen molar-refractivity contribution in [1.82, 2.24) is 4.90 Å². The van der Waals surface area contributed by atoms with Gasteiger partial charge in [-0.2, -0.15) is 0 Å². The lowest BCUT2D eigenvalue weighted by atomic mass is 9.97. The molecule has 3 aromatic carbocycles. The van der Waals surface area contributed by atoms with Gasteiger partial charge >= 0.3 is 0 Å². The van der Waals surface area contributed by atoms with Gasteiger partial charge in [-0.05, 0) is 54.6 Å². The standard InChI is InChI=1S/C21H21FN2O/c1-13-8-9-15(22)12-19(13)23-18-11-10-17(21(25)24(3)4)20-14(2)6-5-7-16(18)20/h5-12,23H,1-4H3. The fourth-order valence-electron chi connectivity index (χ4n) is 2.99. The van der Waals surface area contributed by atoms with E-state index in [1.165, 1.54) is 12.1 Å². The molecule has 1 amide bonds. The van der Waals surface area contributed by atoms with Crippen LogP contribution in [0.15, 0.2) is 48.5 Å². The molecule has 0 aliphatic carbocycles. The molecule has 0 spiro atoms. The van der Waals surface area contributed by atoms with Crippen LogP contribution in [0.2, 0.25) is 0 Å². The molecule has 0 aliphatic rings. The van der Waals surface area contributed by atoms with E-state index < -0.39 is 0 Å². The summed E-state index contributed by atoms with van der Waals surface area (Å²) in [5, 5.41) is 5.17. The Bertz CT molecular complexity index is 964. The average molecular weight is 336 g/mol. The Labute approximate surface area is 147 Å². The molecule has 0 atom stereocenters. The van der Waals surface area contributed by atoms with E-state index in [-0.39, 0.29) is 11.7 Å². The smallest absolute Gasteiger partial charge is 0.253 e. The molecule has 0 saturated carbocycles. The summed E-state index contributed by atoms with van der Waals surface area (Å²) >= 11 is 0. The van der Waals surface area contributed by atoms with Crippen molar-refractivity contribution in [2.45, 2.75) is 13.8 Å². The first kappa shape index (κ1) is 17.0. The average Bonchev–Trinajstić information content (AvgIpc) is 2.58. The first-order chi connectivity index (χ1) is 11.9. The summed E-state index contributed by atoms with van der Waals surface area (Å²) in [5.41, 5.74) is 4.22. The SMILES string of the molecule is Cc1ccc(F)cc1Nc1ccc(C(=O)N(C)C)c2c(C)cccc12. The van der Waals surface area contributed by atoms with Gasteiger partial charge in [-0.1, -0.05) is 24.3 Å². The first-order valence-corrected chi connectivity index (χ1v) is 8.15. The van der Waals surface area contributed by atoms with Crippen molar-refractivity contribution < 1.29 is 9.18 Å². The van der Waals surface area contributed by atoms with E-state index in [0.717, 1.165) is 33.3 Å². The van der Waals surface area contributed by atoms with Crippen LogP contribution in [0.5, 0.6) is 0 Å². The predicted molar refractivity (Wildman–Crippen MR) is 101 cm³/mol. The predicted octanol–water partition coefficient (Wildman–Crippen LogP) is 5.04. The van der Waals surface area contributed by atoms with Crippen molar-refractivity contribution >= 4 is 28.1 Å². The molecular weight excluding hydrogens is 315 g/mol. The highest BCUT2D eigenvalue weighted by Crippen LogP contribution is 2.32. The number of nitrogens with zero attached hydrogens (tertiary/aromatic N) is 1. The Morgan fingerprint density at radius 3 is 2.44 bits per heavy atom. The molecule has 3 aromatic rings. The van der Waals surface area contributed by atoms with Crippen LogP contribution in [-0.2, 0) is 0 Å². The number of anilines is 2. The summed E-state index contributed by atoms with van der Waals surface area (Å²) in [7, 11) is 3.49. The molecular formula is C21H21FN2O. The lowest BCUT2D eigenvalue weighted by molar-refractivity contribution is 0.0829. The van der Waals surface area contributed by atoms with Gasteiger partial charge in [0.15, 0.2) is 0 Å². The van der Waals surface area contributed by atoms with Gasteiger partial charge in [0.05, 0.1) is 0 Å². The number of hydrogen-bond donors (Lipinski definition) is 1. The Hall–Kier alpha value is -2.88. The molecule has 128 valence electrons. The molecule has 0 aliphatic heterocycles. The maximum atomic E-state index is 13.6. The molecule has 0 aromatic heterocycles. The molecule has 0 fully saturated rings. The van der Waals surface area contributed by atoms with Gasteiger partial charge in [-0.25, -0.2) is 4.39 Å². The summed E-state index contributed by atoms with van der Waals surface area (Å²) < 4.78 is 13.6. The second-order valence-corrected chi connectivity index (χ2v) is 6.44. The molecule has 4 heteroatoms. The van der Waals surface area contributed by atoms with E-state index >= 15 is 0 Å². The van der Waals surface area contributed by atoms with E-state index in [1.807, 2.05) is 44.2 Å². The maximum absolute atomic E-state index is 13.6. The third-order valence-electron chi connectivity index (χ3n) is 4.35. The third kappa shape index (κ3) is 3.20. The molecule has 0 bridgehead atoms. The van der Waals surface area contributed by atoms with E-state index in [0.29, 0.717) is 5.56 Å². The highest BCUT2D eigenvalue weighted by atomic mass is 19.1. The number of rotatable bonds is 3. The fraction of sp³-hybridized carbons (Fsp3) is 0.190. The third-order valence-corrected chi connectivity index (χ3v) is 4.35. The van der Waals surface area contributed by atoms with Gasteiger partial charge in [0.25, 0.3) is 5.91 Å². The Kier molecular flexibility index (Phi) is 4.45. The van der Waals surface area contributed by atoms with Crippen molar-refractivity contribution in [3.05, 3.63) is 71.0 Å². The Morgan fingerprint density at radius 1 is 0.960 bits per heavy atom. The molecule has 3 rings (SSSR count). The lowest BCUT2D eigenvalue weighted by Crippen LogP contribution is -2.22. The monoisotopic (exact) mass is 336 g/mol. The number of benzene rings is 3. The van der Waals surface area contributed by atoms with E-state index in [2.05, 4.69) is 5.32 Å². The zero-order chi connectivity index (χ0) is 18.1. The number of halogens is 1. The Morgan fingerprint density at radius 2 is 1.72 bits per heavy atom. The number of fused-ring (bicyclic) bond motifs is 1. The van der Waals surface area contributed by atoms with Crippen molar-refractivity contribution in [1.29, 1.82) is 0 Å². The van der Waals surface area contributed by atoms with E-state index in [9.17, 15) is 9.18 Å².